The summed E-state index contributed by atoms with van der Waals surface area (Å²) in [5.74, 6) is 1.72. The molecule has 0 unspecified atom stereocenters. The van der Waals surface area contributed by atoms with Gasteiger partial charge in [0.1, 0.15) is 5.75 Å². The molecule has 0 radical (unpaired) electrons. The average Bonchev–Trinajstić information content (AvgIpc) is 3.24. The van der Waals surface area contributed by atoms with Gasteiger partial charge in [-0.15, -0.1) is 10.2 Å². The van der Waals surface area contributed by atoms with Crippen molar-refractivity contribution in [1.29, 1.82) is 0 Å². The van der Waals surface area contributed by atoms with E-state index in [2.05, 4.69) is 17.1 Å². The van der Waals surface area contributed by atoms with Gasteiger partial charge in [0.05, 0.1) is 6.61 Å². The maximum absolute atomic E-state index is 11.7. The Kier molecular flexibility index (Phi) is 5.17. The third-order valence-electron chi connectivity index (χ3n) is 3.45. The van der Waals surface area contributed by atoms with Gasteiger partial charge < -0.3 is 4.74 Å². The summed E-state index contributed by atoms with van der Waals surface area (Å²) >= 11 is 3.08. The van der Waals surface area contributed by atoms with Gasteiger partial charge in [-0.2, -0.15) is 0 Å². The first-order valence-electron chi connectivity index (χ1n) is 7.59. The number of carbonyl (C=O) groups excluding carboxylic acids is 1. The van der Waals surface area contributed by atoms with Gasteiger partial charge in [-0.05, 0) is 31.9 Å². The van der Waals surface area contributed by atoms with Crippen LogP contribution in [0.3, 0.4) is 0 Å². The number of rotatable bonds is 7. The number of carbonyl (C=O) groups is 1. The number of anilines is 1. The molecule has 0 saturated heterocycles. The number of benzene rings is 1. The highest BCUT2D eigenvalue weighted by atomic mass is 32.2. The highest BCUT2D eigenvalue weighted by Crippen LogP contribution is 2.35. The van der Waals surface area contributed by atoms with Crippen molar-refractivity contribution in [3.63, 3.8) is 0 Å². The second-order valence-corrected chi connectivity index (χ2v) is 7.78. The fourth-order valence-electron chi connectivity index (χ4n) is 2.16. The van der Waals surface area contributed by atoms with Crippen molar-refractivity contribution in [3.05, 3.63) is 29.8 Å². The molecule has 23 heavy (non-hydrogen) atoms. The van der Waals surface area contributed by atoms with E-state index >= 15 is 0 Å². The third kappa shape index (κ3) is 4.45. The molecular weight excluding hydrogens is 330 g/mol. The number of aryl methyl sites for hydroxylation is 1. The van der Waals surface area contributed by atoms with Gasteiger partial charge in [0.2, 0.25) is 11.0 Å². The summed E-state index contributed by atoms with van der Waals surface area (Å²) < 4.78 is 6.57. The summed E-state index contributed by atoms with van der Waals surface area (Å²) in [6.45, 7) is 4.25. The molecule has 1 fully saturated rings. The topological polar surface area (TPSA) is 55.3 Å². The first-order chi connectivity index (χ1) is 11.1. The van der Waals surface area contributed by atoms with Crippen molar-refractivity contribution in [3.8, 4) is 5.75 Å². The quantitative estimate of drug-likeness (QED) is 0.435. The molecule has 5 nitrogen and oxygen atoms in total. The van der Waals surface area contributed by atoms with Gasteiger partial charge in [-0.25, -0.2) is 0 Å². The summed E-state index contributed by atoms with van der Waals surface area (Å²) in [4.78, 5) is 13.5. The number of hydrogen-bond acceptors (Lipinski definition) is 6. The molecule has 0 N–H and O–H groups in total. The van der Waals surface area contributed by atoms with E-state index in [0.717, 1.165) is 28.7 Å². The molecule has 122 valence electrons. The van der Waals surface area contributed by atoms with E-state index in [0.29, 0.717) is 17.8 Å². The molecule has 7 heteroatoms. The van der Waals surface area contributed by atoms with Crippen LogP contribution < -0.4 is 9.64 Å². The average molecular weight is 349 g/mol. The van der Waals surface area contributed by atoms with Crippen LogP contribution >= 0.6 is 23.1 Å². The van der Waals surface area contributed by atoms with Crippen LogP contribution in [-0.2, 0) is 4.79 Å². The molecule has 1 aromatic carbocycles. The SMILES string of the molecule is CC(=O)N(c1nnc(SCCOc2ccc(C)cc2)s1)C1CC1. The summed E-state index contributed by atoms with van der Waals surface area (Å²) in [5.41, 5.74) is 1.22. The van der Waals surface area contributed by atoms with Crippen LogP contribution in [0.25, 0.3) is 0 Å². The van der Waals surface area contributed by atoms with Gasteiger partial charge in [-0.1, -0.05) is 40.8 Å². The van der Waals surface area contributed by atoms with Crippen LogP contribution in [0.2, 0.25) is 0 Å². The minimum Gasteiger partial charge on any atom is -0.493 e. The predicted molar refractivity (Wildman–Crippen MR) is 93.5 cm³/mol. The van der Waals surface area contributed by atoms with Crippen LogP contribution in [0.15, 0.2) is 28.6 Å². The van der Waals surface area contributed by atoms with Crippen molar-refractivity contribution in [2.75, 3.05) is 17.3 Å². The fraction of sp³-hybridized carbons (Fsp3) is 0.438. The summed E-state index contributed by atoms with van der Waals surface area (Å²) in [5, 5.41) is 9.04. The number of ether oxygens (including phenoxy) is 1. The van der Waals surface area contributed by atoms with Gasteiger partial charge >= 0.3 is 0 Å². The molecule has 0 atom stereocenters. The van der Waals surface area contributed by atoms with E-state index in [1.807, 2.05) is 24.3 Å². The molecule has 1 aromatic heterocycles. The first kappa shape index (κ1) is 16.3. The highest BCUT2D eigenvalue weighted by Gasteiger charge is 2.34. The lowest BCUT2D eigenvalue weighted by Crippen LogP contribution is -2.30. The van der Waals surface area contributed by atoms with Gasteiger partial charge in [0, 0.05) is 18.7 Å². The Morgan fingerprint density at radius 2 is 2.09 bits per heavy atom. The lowest BCUT2D eigenvalue weighted by molar-refractivity contribution is -0.116. The fourth-order valence-corrected chi connectivity index (χ4v) is 4.01. The number of hydrogen-bond donors (Lipinski definition) is 0. The Morgan fingerprint density at radius 3 is 2.74 bits per heavy atom. The molecular formula is C16H19N3O2S2. The molecule has 0 spiro atoms. The normalized spacial score (nSPS) is 13.8. The first-order valence-corrected chi connectivity index (χ1v) is 9.39. The van der Waals surface area contributed by atoms with Crippen LogP contribution in [0, 0.1) is 6.92 Å². The van der Waals surface area contributed by atoms with Crippen molar-refractivity contribution >= 4 is 34.1 Å². The third-order valence-corrected chi connectivity index (χ3v) is 5.47. The summed E-state index contributed by atoms with van der Waals surface area (Å²) in [6.07, 6.45) is 2.12. The van der Waals surface area contributed by atoms with Crippen LogP contribution in [0.4, 0.5) is 5.13 Å². The second-order valence-electron chi connectivity index (χ2n) is 5.48. The molecule has 0 bridgehead atoms. The van der Waals surface area contributed by atoms with Crippen molar-refractivity contribution < 1.29 is 9.53 Å². The van der Waals surface area contributed by atoms with Gasteiger partial charge in [0.15, 0.2) is 4.34 Å². The molecule has 1 aliphatic rings. The smallest absolute Gasteiger partial charge is 0.225 e. The lowest BCUT2D eigenvalue weighted by atomic mass is 10.2. The van der Waals surface area contributed by atoms with Crippen LogP contribution in [0.1, 0.15) is 25.3 Å². The number of nitrogens with zero attached hydrogens (tertiary/aromatic N) is 3. The maximum Gasteiger partial charge on any atom is 0.225 e. The Bertz CT molecular complexity index is 668. The number of thioether (sulfide) groups is 1. The van der Waals surface area contributed by atoms with E-state index < -0.39 is 0 Å². The predicted octanol–water partition coefficient (Wildman–Crippen LogP) is 3.53. The second kappa shape index (κ2) is 7.31. The summed E-state index contributed by atoms with van der Waals surface area (Å²) in [7, 11) is 0. The van der Waals surface area contributed by atoms with Crippen molar-refractivity contribution in [2.24, 2.45) is 0 Å². The summed E-state index contributed by atoms with van der Waals surface area (Å²) in [6, 6.07) is 8.34. The largest absolute Gasteiger partial charge is 0.493 e. The Hall–Kier alpha value is -1.60. The van der Waals surface area contributed by atoms with E-state index in [4.69, 9.17) is 4.74 Å². The van der Waals surface area contributed by atoms with E-state index in [-0.39, 0.29) is 5.91 Å². The van der Waals surface area contributed by atoms with Gasteiger partial charge in [-0.3, -0.25) is 9.69 Å². The Balaban J connectivity index is 1.47. The highest BCUT2D eigenvalue weighted by molar-refractivity contribution is 8.01. The van der Waals surface area contributed by atoms with Crippen LogP contribution in [-0.4, -0.2) is 34.5 Å². The Morgan fingerprint density at radius 1 is 1.35 bits per heavy atom. The van der Waals surface area contributed by atoms with Crippen LogP contribution in [0.5, 0.6) is 5.75 Å². The minimum atomic E-state index is 0.0444. The van der Waals surface area contributed by atoms with Crippen molar-refractivity contribution in [1.82, 2.24) is 10.2 Å². The van der Waals surface area contributed by atoms with E-state index in [1.165, 1.54) is 16.9 Å². The van der Waals surface area contributed by atoms with Crippen molar-refractivity contribution in [2.45, 2.75) is 37.1 Å². The number of aromatic nitrogens is 2. The van der Waals surface area contributed by atoms with E-state index in [9.17, 15) is 4.79 Å². The molecule has 1 amide bonds. The lowest BCUT2D eigenvalue weighted by Gasteiger charge is -2.15. The molecule has 1 heterocycles. The molecule has 2 aromatic rings. The standard InChI is InChI=1S/C16H19N3O2S2/c1-11-3-7-14(8-4-11)21-9-10-22-16-18-17-15(23-16)19(12(2)20)13-5-6-13/h3-4,7-8,13H,5-6,9-10H2,1-2H3. The monoisotopic (exact) mass is 349 g/mol. The molecule has 1 aliphatic carbocycles. The molecule has 3 rings (SSSR count). The van der Waals surface area contributed by atoms with Gasteiger partial charge in [0.25, 0.3) is 0 Å². The molecule has 1 saturated carbocycles. The zero-order chi connectivity index (χ0) is 16.2. The molecule has 0 aliphatic heterocycles. The zero-order valence-corrected chi connectivity index (χ0v) is 14.8. The number of amides is 1. The maximum atomic E-state index is 11.7. The minimum absolute atomic E-state index is 0.0444. The Labute approximate surface area is 144 Å². The van der Waals surface area contributed by atoms with E-state index in [1.54, 1.807) is 23.6 Å². The zero-order valence-electron chi connectivity index (χ0n) is 13.2.